The highest BCUT2D eigenvalue weighted by atomic mass is 79.9. The van der Waals surface area contributed by atoms with E-state index in [0.29, 0.717) is 11.5 Å². The summed E-state index contributed by atoms with van der Waals surface area (Å²) in [5.41, 5.74) is 0.938. The number of halogens is 1. The second-order valence-corrected chi connectivity index (χ2v) is 4.30. The number of nitrogens with one attached hydrogen (secondary N) is 1. The summed E-state index contributed by atoms with van der Waals surface area (Å²) in [7, 11) is 0. The first-order chi connectivity index (χ1) is 8.28. The maximum atomic E-state index is 5.65. The zero-order valence-corrected chi connectivity index (χ0v) is 10.9. The second kappa shape index (κ2) is 5.63. The van der Waals surface area contributed by atoms with Crippen molar-refractivity contribution >= 4 is 21.6 Å². The summed E-state index contributed by atoms with van der Waals surface area (Å²) in [6.45, 7) is 2.88. The number of aromatic nitrogens is 2. The van der Waals surface area contributed by atoms with Crippen LogP contribution in [0.15, 0.2) is 41.4 Å². The smallest absolute Gasteiger partial charge is 0.147 e. The predicted molar refractivity (Wildman–Crippen MR) is 70.4 cm³/mol. The van der Waals surface area contributed by atoms with Gasteiger partial charge in [-0.05, 0) is 28.9 Å². The minimum absolute atomic E-state index is 0.676. The van der Waals surface area contributed by atoms with Crippen molar-refractivity contribution < 1.29 is 4.74 Å². The molecular formula is C12H12BrN3O. The lowest BCUT2D eigenvalue weighted by Gasteiger charge is -2.07. The van der Waals surface area contributed by atoms with Gasteiger partial charge in [0, 0.05) is 23.3 Å². The first kappa shape index (κ1) is 11.9. The van der Waals surface area contributed by atoms with E-state index in [4.69, 9.17) is 4.74 Å². The molecule has 0 amide bonds. The fourth-order valence-corrected chi connectivity index (χ4v) is 1.70. The zero-order valence-electron chi connectivity index (χ0n) is 9.35. The molecule has 2 aromatic rings. The summed E-state index contributed by atoms with van der Waals surface area (Å²) in [6.07, 6.45) is 6.79. The van der Waals surface area contributed by atoms with Crippen molar-refractivity contribution in [3.8, 4) is 11.5 Å². The van der Waals surface area contributed by atoms with Gasteiger partial charge in [-0.3, -0.25) is 9.97 Å². The van der Waals surface area contributed by atoms with Crippen molar-refractivity contribution in [2.75, 3.05) is 11.9 Å². The van der Waals surface area contributed by atoms with E-state index >= 15 is 0 Å². The molecule has 17 heavy (non-hydrogen) atoms. The van der Waals surface area contributed by atoms with E-state index in [0.717, 1.165) is 16.7 Å². The van der Waals surface area contributed by atoms with Crippen molar-refractivity contribution in [1.82, 2.24) is 9.97 Å². The molecule has 0 spiro atoms. The average Bonchev–Trinajstić information content (AvgIpc) is 2.30. The van der Waals surface area contributed by atoms with Crippen LogP contribution >= 0.6 is 15.9 Å². The van der Waals surface area contributed by atoms with Gasteiger partial charge in [0.1, 0.15) is 11.5 Å². The van der Waals surface area contributed by atoms with Gasteiger partial charge in [-0.1, -0.05) is 0 Å². The van der Waals surface area contributed by atoms with Crippen LogP contribution in [-0.4, -0.2) is 16.5 Å². The molecule has 4 nitrogen and oxygen atoms in total. The van der Waals surface area contributed by atoms with Gasteiger partial charge in [-0.25, -0.2) is 0 Å². The highest BCUT2D eigenvalue weighted by molar-refractivity contribution is 9.10. The van der Waals surface area contributed by atoms with E-state index in [1.807, 2.05) is 19.1 Å². The molecular weight excluding hydrogens is 282 g/mol. The van der Waals surface area contributed by atoms with Crippen molar-refractivity contribution in [2.24, 2.45) is 0 Å². The molecule has 0 saturated heterocycles. The lowest BCUT2D eigenvalue weighted by Crippen LogP contribution is -1.97. The molecule has 2 rings (SSSR count). The highest BCUT2D eigenvalue weighted by Gasteiger charge is 2.00. The standard InChI is InChI=1S/C12H12BrN3O/c1-2-16-10-4-12(8-15-6-10)17-11-3-9(13)5-14-7-11/h3-8,16H,2H2,1H3. The lowest BCUT2D eigenvalue weighted by molar-refractivity contribution is 0.478. The van der Waals surface area contributed by atoms with Crippen LogP contribution in [0.2, 0.25) is 0 Å². The lowest BCUT2D eigenvalue weighted by atomic mass is 10.4. The van der Waals surface area contributed by atoms with Crippen LogP contribution in [0, 0.1) is 0 Å². The monoisotopic (exact) mass is 293 g/mol. The fraction of sp³-hybridized carbons (Fsp3) is 0.167. The second-order valence-electron chi connectivity index (χ2n) is 3.38. The Balaban J connectivity index is 2.15. The van der Waals surface area contributed by atoms with Crippen molar-refractivity contribution in [1.29, 1.82) is 0 Å². The maximum absolute atomic E-state index is 5.65. The zero-order chi connectivity index (χ0) is 12.1. The fourth-order valence-electron chi connectivity index (χ4n) is 1.36. The van der Waals surface area contributed by atoms with Crippen LogP contribution in [0.5, 0.6) is 11.5 Å². The first-order valence-corrected chi connectivity index (χ1v) is 6.04. The molecule has 88 valence electrons. The van der Waals surface area contributed by atoms with Gasteiger partial charge < -0.3 is 10.1 Å². The van der Waals surface area contributed by atoms with Crippen LogP contribution in [0.3, 0.4) is 0 Å². The molecule has 0 aliphatic carbocycles. The van der Waals surface area contributed by atoms with Gasteiger partial charge in [0.05, 0.1) is 24.3 Å². The molecule has 0 unspecified atom stereocenters. The average molecular weight is 294 g/mol. The number of rotatable bonds is 4. The summed E-state index contributed by atoms with van der Waals surface area (Å²) in [5.74, 6) is 1.36. The third kappa shape index (κ3) is 3.42. The largest absolute Gasteiger partial charge is 0.454 e. The normalized spacial score (nSPS) is 10.0. The minimum Gasteiger partial charge on any atom is -0.454 e. The Bertz CT molecular complexity index is 505. The molecule has 2 heterocycles. The first-order valence-electron chi connectivity index (χ1n) is 5.25. The molecule has 0 bridgehead atoms. The number of hydrogen-bond acceptors (Lipinski definition) is 4. The Labute approximate surface area is 108 Å². The van der Waals surface area contributed by atoms with Crippen LogP contribution in [0.25, 0.3) is 0 Å². The number of pyridine rings is 2. The van der Waals surface area contributed by atoms with E-state index in [1.165, 1.54) is 0 Å². The Morgan fingerprint density at radius 3 is 2.53 bits per heavy atom. The molecule has 0 saturated carbocycles. The summed E-state index contributed by atoms with van der Waals surface area (Å²) in [4.78, 5) is 8.13. The van der Waals surface area contributed by atoms with Crippen LogP contribution in [-0.2, 0) is 0 Å². The molecule has 1 N–H and O–H groups in total. The van der Waals surface area contributed by atoms with E-state index in [-0.39, 0.29) is 0 Å². The van der Waals surface area contributed by atoms with E-state index in [9.17, 15) is 0 Å². The third-order valence-electron chi connectivity index (χ3n) is 2.01. The molecule has 0 aromatic carbocycles. The third-order valence-corrected chi connectivity index (χ3v) is 2.44. The van der Waals surface area contributed by atoms with Crippen molar-refractivity contribution in [3.63, 3.8) is 0 Å². The predicted octanol–water partition coefficient (Wildman–Crippen LogP) is 3.46. The minimum atomic E-state index is 0.676. The molecule has 0 aliphatic rings. The van der Waals surface area contributed by atoms with Gasteiger partial charge in [0.2, 0.25) is 0 Å². The van der Waals surface area contributed by atoms with Gasteiger partial charge in [-0.2, -0.15) is 0 Å². The van der Waals surface area contributed by atoms with Crippen LogP contribution in [0.4, 0.5) is 5.69 Å². The number of hydrogen-bond donors (Lipinski definition) is 1. The molecule has 5 heteroatoms. The Morgan fingerprint density at radius 2 is 1.82 bits per heavy atom. The highest BCUT2D eigenvalue weighted by Crippen LogP contribution is 2.24. The Hall–Kier alpha value is -1.62. The number of nitrogens with zero attached hydrogens (tertiary/aromatic N) is 2. The number of anilines is 1. The molecule has 2 aromatic heterocycles. The van der Waals surface area contributed by atoms with Gasteiger partial charge in [-0.15, -0.1) is 0 Å². The molecule has 0 radical (unpaired) electrons. The molecule has 0 atom stereocenters. The van der Waals surface area contributed by atoms with Gasteiger partial charge >= 0.3 is 0 Å². The van der Waals surface area contributed by atoms with Gasteiger partial charge in [0.15, 0.2) is 0 Å². The quantitative estimate of drug-likeness (QED) is 0.938. The molecule has 0 aliphatic heterocycles. The van der Waals surface area contributed by atoms with Gasteiger partial charge in [0.25, 0.3) is 0 Å². The van der Waals surface area contributed by atoms with Crippen molar-refractivity contribution in [2.45, 2.75) is 6.92 Å². The Kier molecular flexibility index (Phi) is 3.93. The number of ether oxygens (including phenoxy) is 1. The summed E-state index contributed by atoms with van der Waals surface area (Å²) in [5, 5.41) is 3.18. The van der Waals surface area contributed by atoms with E-state index in [2.05, 4.69) is 31.2 Å². The SMILES string of the molecule is CCNc1cncc(Oc2cncc(Br)c2)c1. The maximum Gasteiger partial charge on any atom is 0.147 e. The molecule has 0 fully saturated rings. The summed E-state index contributed by atoms with van der Waals surface area (Å²) in [6, 6.07) is 3.75. The summed E-state index contributed by atoms with van der Waals surface area (Å²) < 4.78 is 6.53. The van der Waals surface area contributed by atoms with Crippen LogP contribution in [0.1, 0.15) is 6.92 Å². The van der Waals surface area contributed by atoms with E-state index in [1.54, 1.807) is 24.8 Å². The van der Waals surface area contributed by atoms with E-state index < -0.39 is 0 Å². The van der Waals surface area contributed by atoms with Crippen LogP contribution < -0.4 is 10.1 Å². The topological polar surface area (TPSA) is 47.0 Å². The van der Waals surface area contributed by atoms with Crippen molar-refractivity contribution in [3.05, 3.63) is 41.4 Å². The summed E-state index contributed by atoms with van der Waals surface area (Å²) >= 11 is 3.34. The Morgan fingerprint density at radius 1 is 1.12 bits per heavy atom.